The molecule has 120 valence electrons. The van der Waals surface area contributed by atoms with E-state index >= 15 is 0 Å². The van der Waals surface area contributed by atoms with Crippen LogP contribution in [0.3, 0.4) is 0 Å². The Kier molecular flexibility index (Phi) is 3.70. The summed E-state index contributed by atoms with van der Waals surface area (Å²) in [4.78, 5) is 20.8. The Balaban J connectivity index is 1.72. The first kappa shape index (κ1) is 14.8. The summed E-state index contributed by atoms with van der Waals surface area (Å²) in [7, 11) is 0. The van der Waals surface area contributed by atoms with Crippen molar-refractivity contribution >= 4 is 17.2 Å². The Labute approximate surface area is 140 Å². The van der Waals surface area contributed by atoms with Crippen molar-refractivity contribution in [3.8, 4) is 10.4 Å². The Morgan fingerprint density at radius 2 is 2.13 bits per heavy atom. The van der Waals surface area contributed by atoms with Gasteiger partial charge in [-0.2, -0.15) is 0 Å². The maximum Gasteiger partial charge on any atom is 0.274 e. The number of aromatic nitrogens is 1. The standard InChI is InChI=1S/C18H21N3OS/c1-11-20-16(17(23-11)12-5-3-2-4-6-12)18(22)21-14-8-7-13(9-14)15(21)10-19/h2-6,13-15H,7-10,19H2,1H3/t13-,14+,15+/m0/s1. The van der Waals surface area contributed by atoms with Crippen molar-refractivity contribution in [1.29, 1.82) is 0 Å². The van der Waals surface area contributed by atoms with Gasteiger partial charge < -0.3 is 10.6 Å². The van der Waals surface area contributed by atoms with Crippen LogP contribution in [0, 0.1) is 12.8 Å². The van der Waals surface area contributed by atoms with Gasteiger partial charge in [-0.1, -0.05) is 30.3 Å². The lowest BCUT2D eigenvalue weighted by Gasteiger charge is -2.34. The van der Waals surface area contributed by atoms with E-state index in [9.17, 15) is 4.79 Å². The van der Waals surface area contributed by atoms with Crippen molar-refractivity contribution in [2.75, 3.05) is 6.54 Å². The molecule has 2 heterocycles. The van der Waals surface area contributed by atoms with Gasteiger partial charge in [0.25, 0.3) is 5.91 Å². The van der Waals surface area contributed by atoms with Gasteiger partial charge in [0.1, 0.15) is 5.69 Å². The van der Waals surface area contributed by atoms with E-state index in [1.807, 2.05) is 42.2 Å². The number of benzene rings is 1. The number of fused-ring (bicyclic) bond motifs is 2. The first-order valence-corrected chi connectivity index (χ1v) is 9.06. The van der Waals surface area contributed by atoms with Gasteiger partial charge >= 0.3 is 0 Å². The van der Waals surface area contributed by atoms with Gasteiger partial charge in [-0.05, 0) is 37.7 Å². The Bertz CT molecular complexity index is 727. The van der Waals surface area contributed by atoms with Crippen LogP contribution in [0.5, 0.6) is 0 Å². The normalized spacial score (nSPS) is 26.0. The number of nitrogens with two attached hydrogens (primary N) is 1. The largest absolute Gasteiger partial charge is 0.330 e. The fourth-order valence-electron chi connectivity index (χ4n) is 4.19. The second kappa shape index (κ2) is 5.73. The van der Waals surface area contributed by atoms with E-state index in [1.54, 1.807) is 11.3 Å². The highest BCUT2D eigenvalue weighted by molar-refractivity contribution is 7.15. The average Bonchev–Trinajstić information content (AvgIpc) is 3.28. The number of rotatable bonds is 3. The topological polar surface area (TPSA) is 59.2 Å². The number of thiazole rings is 1. The minimum Gasteiger partial charge on any atom is -0.330 e. The third-order valence-corrected chi connectivity index (χ3v) is 6.21. The molecule has 2 bridgehead atoms. The van der Waals surface area contributed by atoms with Gasteiger partial charge in [0.2, 0.25) is 0 Å². The van der Waals surface area contributed by atoms with Gasteiger partial charge in [-0.3, -0.25) is 4.79 Å². The molecule has 0 spiro atoms. The van der Waals surface area contributed by atoms with Crippen molar-refractivity contribution in [2.45, 2.75) is 38.3 Å². The summed E-state index contributed by atoms with van der Waals surface area (Å²) in [5, 5.41) is 0.931. The van der Waals surface area contributed by atoms with Crippen LogP contribution < -0.4 is 5.73 Å². The highest BCUT2D eigenvalue weighted by atomic mass is 32.1. The molecular weight excluding hydrogens is 306 g/mol. The summed E-state index contributed by atoms with van der Waals surface area (Å²) in [6, 6.07) is 10.6. The van der Waals surface area contributed by atoms with E-state index in [-0.39, 0.29) is 11.9 Å². The zero-order valence-electron chi connectivity index (χ0n) is 13.2. The number of piperidine rings is 1. The molecular formula is C18H21N3OS. The number of hydrogen-bond acceptors (Lipinski definition) is 4. The molecule has 1 saturated heterocycles. The summed E-state index contributed by atoms with van der Waals surface area (Å²) in [5.74, 6) is 0.643. The van der Waals surface area contributed by atoms with Gasteiger partial charge in [-0.15, -0.1) is 11.3 Å². The number of carbonyl (C=O) groups is 1. The van der Waals surface area contributed by atoms with E-state index in [1.165, 1.54) is 6.42 Å². The van der Waals surface area contributed by atoms with Crippen LogP contribution in [0.2, 0.25) is 0 Å². The third-order valence-electron chi connectivity index (χ3n) is 5.19. The molecule has 1 aliphatic heterocycles. The first-order valence-electron chi connectivity index (χ1n) is 8.24. The summed E-state index contributed by atoms with van der Waals surface area (Å²) in [5.41, 5.74) is 7.64. The second-order valence-corrected chi connectivity index (χ2v) is 7.72. The number of likely N-dealkylation sites (tertiary alicyclic amines) is 1. The zero-order valence-corrected chi connectivity index (χ0v) is 14.1. The van der Waals surface area contributed by atoms with Crippen LogP contribution in [0.15, 0.2) is 30.3 Å². The molecule has 1 amide bonds. The Morgan fingerprint density at radius 1 is 1.35 bits per heavy atom. The summed E-state index contributed by atoms with van der Waals surface area (Å²) >= 11 is 1.59. The monoisotopic (exact) mass is 327 g/mol. The lowest BCUT2D eigenvalue weighted by molar-refractivity contribution is 0.0597. The highest BCUT2D eigenvalue weighted by Gasteiger charge is 2.48. The lowest BCUT2D eigenvalue weighted by Crippen LogP contribution is -2.48. The van der Waals surface area contributed by atoms with Gasteiger partial charge in [0, 0.05) is 18.6 Å². The van der Waals surface area contributed by atoms with Crippen molar-refractivity contribution in [3.05, 3.63) is 41.0 Å². The molecule has 2 aromatic rings. The molecule has 2 aliphatic rings. The van der Waals surface area contributed by atoms with E-state index in [0.29, 0.717) is 24.2 Å². The smallest absolute Gasteiger partial charge is 0.274 e. The lowest BCUT2D eigenvalue weighted by atomic mass is 9.98. The molecule has 0 radical (unpaired) electrons. The van der Waals surface area contributed by atoms with Crippen molar-refractivity contribution in [2.24, 2.45) is 11.7 Å². The van der Waals surface area contributed by atoms with Crippen molar-refractivity contribution < 1.29 is 4.79 Å². The molecule has 0 unspecified atom stereocenters. The van der Waals surface area contributed by atoms with Crippen molar-refractivity contribution in [3.63, 3.8) is 0 Å². The fraction of sp³-hybridized carbons (Fsp3) is 0.444. The number of carbonyl (C=O) groups excluding carboxylic acids is 1. The van der Waals surface area contributed by atoms with Gasteiger partial charge in [-0.25, -0.2) is 4.98 Å². The molecule has 5 heteroatoms. The number of aryl methyl sites for hydroxylation is 1. The predicted octanol–water partition coefficient (Wildman–Crippen LogP) is 3.07. The fourth-order valence-corrected chi connectivity index (χ4v) is 5.11. The third kappa shape index (κ3) is 2.39. The first-order chi connectivity index (χ1) is 11.2. The number of nitrogens with zero attached hydrogens (tertiary/aromatic N) is 2. The highest BCUT2D eigenvalue weighted by Crippen LogP contribution is 2.43. The molecule has 2 N–H and O–H groups in total. The molecule has 3 atom stereocenters. The van der Waals surface area contributed by atoms with Gasteiger partial charge in [0.05, 0.1) is 9.88 Å². The Hall–Kier alpha value is -1.72. The van der Waals surface area contributed by atoms with Crippen LogP contribution in [0.4, 0.5) is 0 Å². The summed E-state index contributed by atoms with van der Waals surface area (Å²) < 4.78 is 0. The summed E-state index contributed by atoms with van der Waals surface area (Å²) in [6.45, 7) is 2.52. The molecule has 2 fully saturated rings. The van der Waals surface area contributed by atoms with Crippen LogP contribution in [-0.4, -0.2) is 34.4 Å². The zero-order chi connectivity index (χ0) is 16.0. The minimum atomic E-state index is 0.0656. The molecule has 1 saturated carbocycles. The SMILES string of the molecule is Cc1nc(C(=O)N2[C@@H]3CC[C@@H](C3)[C@H]2CN)c(-c2ccccc2)s1. The predicted molar refractivity (Wildman–Crippen MR) is 92.4 cm³/mol. The minimum absolute atomic E-state index is 0.0656. The quantitative estimate of drug-likeness (QED) is 0.942. The van der Waals surface area contributed by atoms with E-state index < -0.39 is 0 Å². The van der Waals surface area contributed by atoms with Crippen LogP contribution in [0.1, 0.15) is 34.8 Å². The average molecular weight is 327 g/mol. The van der Waals surface area contributed by atoms with E-state index in [2.05, 4.69) is 4.98 Å². The number of hydrogen-bond donors (Lipinski definition) is 1. The van der Waals surface area contributed by atoms with Crippen LogP contribution >= 0.6 is 11.3 Å². The second-order valence-electron chi connectivity index (χ2n) is 6.52. The number of amides is 1. The van der Waals surface area contributed by atoms with Crippen molar-refractivity contribution in [1.82, 2.24) is 9.88 Å². The molecule has 1 aliphatic carbocycles. The van der Waals surface area contributed by atoms with E-state index in [4.69, 9.17) is 5.73 Å². The van der Waals surface area contributed by atoms with Crippen LogP contribution in [-0.2, 0) is 0 Å². The van der Waals surface area contributed by atoms with Gasteiger partial charge in [0.15, 0.2) is 0 Å². The maximum atomic E-state index is 13.2. The molecule has 4 rings (SSSR count). The molecule has 4 nitrogen and oxygen atoms in total. The van der Waals surface area contributed by atoms with Crippen LogP contribution in [0.25, 0.3) is 10.4 Å². The van der Waals surface area contributed by atoms with E-state index in [0.717, 1.165) is 28.3 Å². The molecule has 1 aromatic carbocycles. The molecule has 1 aromatic heterocycles. The summed E-state index contributed by atoms with van der Waals surface area (Å²) in [6.07, 6.45) is 3.42. The Morgan fingerprint density at radius 3 is 2.87 bits per heavy atom. The molecule has 23 heavy (non-hydrogen) atoms. The maximum absolute atomic E-state index is 13.2.